The van der Waals surface area contributed by atoms with Crippen LogP contribution >= 0.6 is 11.5 Å². The Kier molecular flexibility index (Phi) is 4.21. The van der Waals surface area contributed by atoms with E-state index in [-0.39, 0.29) is 6.42 Å². The van der Waals surface area contributed by atoms with E-state index in [1.165, 1.54) is 16.4 Å². The maximum absolute atomic E-state index is 13.0. The molecule has 1 saturated heterocycles. The lowest BCUT2D eigenvalue weighted by atomic mass is 10.1. The summed E-state index contributed by atoms with van der Waals surface area (Å²) in [5, 5.41) is 3.85. The fraction of sp³-hybridized carbons (Fsp3) is 0.818. The van der Waals surface area contributed by atoms with Gasteiger partial charge >= 0.3 is 6.18 Å². The van der Waals surface area contributed by atoms with E-state index in [2.05, 4.69) is 9.59 Å². The van der Waals surface area contributed by atoms with E-state index < -0.39 is 12.2 Å². The Labute approximate surface area is 108 Å². The average molecular weight is 279 g/mol. The molecule has 1 unspecified atom stereocenters. The number of nitrogens with zero attached hydrogens (tertiary/aromatic N) is 3. The Balaban J connectivity index is 2.13. The molecule has 7 heteroatoms. The fourth-order valence-electron chi connectivity index (χ4n) is 2.31. The Morgan fingerprint density at radius 1 is 1.33 bits per heavy atom. The van der Waals surface area contributed by atoms with Gasteiger partial charge in [0.05, 0.1) is 10.6 Å². The summed E-state index contributed by atoms with van der Waals surface area (Å²) in [6, 6.07) is -1.32. The summed E-state index contributed by atoms with van der Waals surface area (Å²) < 4.78 is 42.9. The molecule has 1 atom stereocenters. The van der Waals surface area contributed by atoms with E-state index in [0.717, 1.165) is 23.4 Å². The van der Waals surface area contributed by atoms with Crippen LogP contribution in [0.4, 0.5) is 13.2 Å². The van der Waals surface area contributed by atoms with Crippen molar-refractivity contribution in [2.45, 2.75) is 51.4 Å². The molecule has 2 rings (SSSR count). The summed E-state index contributed by atoms with van der Waals surface area (Å²) in [5.41, 5.74) is 0.741. The number of aryl methyl sites for hydroxylation is 1. The van der Waals surface area contributed by atoms with Crippen molar-refractivity contribution < 1.29 is 13.2 Å². The lowest BCUT2D eigenvalue weighted by Crippen LogP contribution is -2.44. The Hall–Kier alpha value is -0.690. The van der Waals surface area contributed by atoms with Gasteiger partial charge in [-0.1, -0.05) is 17.3 Å². The first-order valence-corrected chi connectivity index (χ1v) is 6.84. The molecule has 18 heavy (non-hydrogen) atoms. The monoisotopic (exact) mass is 279 g/mol. The maximum Gasteiger partial charge on any atom is 0.404 e. The fourth-order valence-corrected chi connectivity index (χ4v) is 2.97. The number of hydrogen-bond acceptors (Lipinski definition) is 4. The summed E-state index contributed by atoms with van der Waals surface area (Å²) in [6.07, 6.45) is -1.58. The highest BCUT2D eigenvalue weighted by Crippen LogP contribution is 2.32. The van der Waals surface area contributed by atoms with Crippen LogP contribution in [0, 0.1) is 6.92 Å². The third kappa shape index (κ3) is 3.20. The molecule has 0 spiro atoms. The number of alkyl halides is 3. The van der Waals surface area contributed by atoms with Crippen LogP contribution in [0.3, 0.4) is 0 Å². The molecular formula is C11H16F3N3S. The number of hydrogen-bond donors (Lipinski definition) is 0. The van der Waals surface area contributed by atoms with Crippen LogP contribution in [-0.2, 0) is 6.54 Å². The molecule has 1 aromatic heterocycles. The molecule has 3 nitrogen and oxygen atoms in total. The lowest BCUT2D eigenvalue weighted by Gasteiger charge is -2.30. The van der Waals surface area contributed by atoms with Crippen molar-refractivity contribution >= 4 is 11.5 Å². The highest BCUT2D eigenvalue weighted by Gasteiger charge is 2.43. The minimum atomic E-state index is -4.14. The Bertz CT molecular complexity index is 391. The van der Waals surface area contributed by atoms with Gasteiger partial charge < -0.3 is 0 Å². The SMILES string of the molecule is Cc1nnsc1CN1CCCCCC1C(F)(F)F. The lowest BCUT2D eigenvalue weighted by molar-refractivity contribution is -0.185. The average Bonchev–Trinajstić information content (AvgIpc) is 2.54. The van der Waals surface area contributed by atoms with Crippen LogP contribution in [-0.4, -0.2) is 33.2 Å². The van der Waals surface area contributed by atoms with Crippen LogP contribution < -0.4 is 0 Å². The van der Waals surface area contributed by atoms with Crippen molar-refractivity contribution in [1.29, 1.82) is 0 Å². The standard InChI is InChI=1S/C11H16F3N3S/c1-8-9(18-16-15-8)7-17-6-4-2-3-5-10(17)11(12,13)14/h10H,2-7H2,1H3. The molecular weight excluding hydrogens is 263 g/mol. The quantitative estimate of drug-likeness (QED) is 0.832. The Morgan fingerprint density at radius 2 is 2.11 bits per heavy atom. The van der Waals surface area contributed by atoms with Crippen LogP contribution in [0.25, 0.3) is 0 Å². The first-order valence-electron chi connectivity index (χ1n) is 6.07. The summed E-state index contributed by atoms with van der Waals surface area (Å²) >= 11 is 1.19. The number of rotatable bonds is 2. The van der Waals surface area contributed by atoms with Crippen molar-refractivity contribution in [3.05, 3.63) is 10.6 Å². The predicted molar refractivity (Wildman–Crippen MR) is 63.4 cm³/mol. The molecule has 0 bridgehead atoms. The number of halogens is 3. The smallest absolute Gasteiger partial charge is 0.287 e. The second kappa shape index (κ2) is 5.52. The summed E-state index contributed by atoms with van der Waals surface area (Å²) in [6.45, 7) is 2.61. The van der Waals surface area contributed by atoms with Crippen LogP contribution in [0.2, 0.25) is 0 Å². The third-order valence-electron chi connectivity index (χ3n) is 3.33. The van der Waals surface area contributed by atoms with Crippen LogP contribution in [0.15, 0.2) is 0 Å². The van der Waals surface area contributed by atoms with Gasteiger partial charge in [0.2, 0.25) is 0 Å². The van der Waals surface area contributed by atoms with Gasteiger partial charge in [-0.25, -0.2) is 0 Å². The highest BCUT2D eigenvalue weighted by atomic mass is 32.1. The first-order chi connectivity index (χ1) is 8.48. The largest absolute Gasteiger partial charge is 0.404 e. The van der Waals surface area contributed by atoms with Gasteiger partial charge in [-0.05, 0) is 37.8 Å². The van der Waals surface area contributed by atoms with Gasteiger partial charge in [0.25, 0.3) is 0 Å². The molecule has 0 radical (unpaired) electrons. The third-order valence-corrected chi connectivity index (χ3v) is 4.14. The molecule has 0 N–H and O–H groups in total. The van der Waals surface area contributed by atoms with E-state index in [4.69, 9.17) is 0 Å². The van der Waals surface area contributed by atoms with Crippen molar-refractivity contribution in [3.63, 3.8) is 0 Å². The minimum absolute atomic E-state index is 0.203. The van der Waals surface area contributed by atoms with Gasteiger partial charge in [0, 0.05) is 6.54 Å². The predicted octanol–water partition coefficient (Wildman–Crippen LogP) is 3.15. The van der Waals surface area contributed by atoms with Gasteiger partial charge in [0.1, 0.15) is 6.04 Å². The van der Waals surface area contributed by atoms with Gasteiger partial charge in [0.15, 0.2) is 0 Å². The van der Waals surface area contributed by atoms with Crippen LogP contribution in [0.1, 0.15) is 36.3 Å². The van der Waals surface area contributed by atoms with Gasteiger partial charge in [-0.15, -0.1) is 5.10 Å². The molecule has 0 aliphatic carbocycles. The van der Waals surface area contributed by atoms with E-state index in [0.29, 0.717) is 19.5 Å². The second-order valence-corrected chi connectivity index (χ2v) is 5.50. The van der Waals surface area contributed by atoms with Gasteiger partial charge in [-0.3, -0.25) is 4.90 Å². The molecule has 1 aromatic rings. The van der Waals surface area contributed by atoms with E-state index in [9.17, 15) is 13.2 Å². The molecule has 1 aliphatic heterocycles. The zero-order valence-electron chi connectivity index (χ0n) is 10.2. The van der Waals surface area contributed by atoms with Crippen molar-refractivity contribution in [1.82, 2.24) is 14.5 Å². The Morgan fingerprint density at radius 3 is 2.72 bits per heavy atom. The molecule has 2 heterocycles. The van der Waals surface area contributed by atoms with E-state index >= 15 is 0 Å². The van der Waals surface area contributed by atoms with Crippen molar-refractivity contribution in [2.24, 2.45) is 0 Å². The van der Waals surface area contributed by atoms with Crippen molar-refractivity contribution in [2.75, 3.05) is 6.54 Å². The van der Waals surface area contributed by atoms with Crippen molar-refractivity contribution in [3.8, 4) is 0 Å². The summed E-state index contributed by atoms with van der Waals surface area (Å²) in [7, 11) is 0. The highest BCUT2D eigenvalue weighted by molar-refractivity contribution is 7.05. The zero-order valence-corrected chi connectivity index (χ0v) is 11.0. The molecule has 0 saturated carbocycles. The van der Waals surface area contributed by atoms with Crippen LogP contribution in [0.5, 0.6) is 0 Å². The molecule has 1 aliphatic rings. The number of likely N-dealkylation sites (tertiary alicyclic amines) is 1. The first kappa shape index (κ1) is 13.7. The molecule has 0 aromatic carbocycles. The maximum atomic E-state index is 13.0. The molecule has 1 fully saturated rings. The minimum Gasteiger partial charge on any atom is -0.287 e. The second-order valence-electron chi connectivity index (χ2n) is 4.66. The normalized spacial score (nSPS) is 23.0. The summed E-state index contributed by atoms with van der Waals surface area (Å²) in [5.74, 6) is 0. The zero-order chi connectivity index (χ0) is 13.2. The summed E-state index contributed by atoms with van der Waals surface area (Å²) in [4.78, 5) is 2.38. The van der Waals surface area contributed by atoms with E-state index in [1.807, 2.05) is 0 Å². The molecule has 0 amide bonds. The molecule has 102 valence electrons. The van der Waals surface area contributed by atoms with Gasteiger partial charge in [-0.2, -0.15) is 13.2 Å². The number of aromatic nitrogens is 2. The van der Waals surface area contributed by atoms with E-state index in [1.54, 1.807) is 6.92 Å². The topological polar surface area (TPSA) is 29.0 Å².